The van der Waals surface area contributed by atoms with Gasteiger partial charge in [-0.2, -0.15) is 0 Å². The lowest BCUT2D eigenvalue weighted by atomic mass is 9.52. The highest BCUT2D eigenvalue weighted by molar-refractivity contribution is 5.96. The highest BCUT2D eigenvalue weighted by Gasteiger charge is 2.72. The Bertz CT molecular complexity index is 1080. The number of hydrogen-bond donors (Lipinski definition) is 1. The van der Waals surface area contributed by atoms with Crippen LogP contribution in [0.5, 0.6) is 0 Å². The Kier molecular flexibility index (Phi) is 5.79. The molecule has 2 bridgehead atoms. The van der Waals surface area contributed by atoms with Crippen LogP contribution in [0.1, 0.15) is 107 Å². The van der Waals surface area contributed by atoms with E-state index in [9.17, 15) is 14.7 Å². The van der Waals surface area contributed by atoms with Crippen molar-refractivity contribution < 1.29 is 28.9 Å². The van der Waals surface area contributed by atoms with Crippen LogP contribution >= 0.6 is 0 Å². The summed E-state index contributed by atoms with van der Waals surface area (Å²) in [5.41, 5.74) is 0.962. The molecule has 1 saturated carbocycles. The second-order valence-electron chi connectivity index (χ2n) is 15.3. The van der Waals surface area contributed by atoms with Crippen LogP contribution < -0.4 is 0 Å². The number of carbonyl (C=O) groups is 2. The second kappa shape index (κ2) is 8.16. The van der Waals surface area contributed by atoms with Gasteiger partial charge in [-0.05, 0) is 94.8 Å². The fourth-order valence-electron chi connectivity index (χ4n) is 10.7. The van der Waals surface area contributed by atoms with Crippen molar-refractivity contribution in [1.82, 2.24) is 0 Å². The molecule has 0 amide bonds. The Hall–Kier alpha value is -1.24. The number of esters is 1. The van der Waals surface area contributed by atoms with Gasteiger partial charge in [-0.3, -0.25) is 9.59 Å². The summed E-state index contributed by atoms with van der Waals surface area (Å²) in [4.78, 5) is 26.5. The van der Waals surface area contributed by atoms with Crippen LogP contribution in [-0.2, 0) is 23.8 Å². The van der Waals surface area contributed by atoms with Gasteiger partial charge < -0.3 is 19.3 Å². The molecule has 3 aliphatic carbocycles. The Morgan fingerprint density at radius 3 is 2.50 bits per heavy atom. The summed E-state index contributed by atoms with van der Waals surface area (Å²) in [7, 11) is 0. The Morgan fingerprint density at radius 2 is 1.84 bits per heavy atom. The quantitative estimate of drug-likeness (QED) is 0.383. The molecule has 38 heavy (non-hydrogen) atoms. The largest absolute Gasteiger partial charge is 0.457 e. The van der Waals surface area contributed by atoms with Crippen LogP contribution in [0.15, 0.2) is 11.1 Å². The van der Waals surface area contributed by atoms with Gasteiger partial charge in [0.15, 0.2) is 11.9 Å². The molecule has 212 valence electrons. The summed E-state index contributed by atoms with van der Waals surface area (Å²) >= 11 is 0. The van der Waals surface area contributed by atoms with E-state index in [1.807, 2.05) is 0 Å². The molecule has 6 aliphatic rings. The van der Waals surface area contributed by atoms with E-state index in [2.05, 4.69) is 34.6 Å². The van der Waals surface area contributed by atoms with Crippen molar-refractivity contribution in [2.75, 3.05) is 0 Å². The van der Waals surface area contributed by atoms with Crippen LogP contribution in [-0.4, -0.2) is 52.5 Å². The monoisotopic (exact) mass is 528 g/mol. The van der Waals surface area contributed by atoms with E-state index in [1.165, 1.54) is 18.1 Å². The molecule has 0 aromatic rings. The average Bonchev–Trinajstić information content (AvgIpc) is 3.31. The number of aliphatic hydroxyl groups is 1. The molecule has 6 heteroatoms. The first-order chi connectivity index (χ1) is 17.6. The van der Waals surface area contributed by atoms with Crippen LogP contribution in [0.3, 0.4) is 0 Å². The predicted octanol–water partition coefficient (Wildman–Crippen LogP) is 5.54. The van der Waals surface area contributed by atoms with E-state index >= 15 is 0 Å². The fraction of sp³-hybridized carbons (Fsp3) is 0.875. The van der Waals surface area contributed by atoms with Gasteiger partial charge in [0.1, 0.15) is 6.10 Å². The van der Waals surface area contributed by atoms with Gasteiger partial charge in [0.2, 0.25) is 0 Å². The van der Waals surface area contributed by atoms with E-state index in [-0.39, 0.29) is 34.1 Å². The molecule has 1 N–H and O–H groups in total. The molecule has 10 atom stereocenters. The van der Waals surface area contributed by atoms with Gasteiger partial charge >= 0.3 is 5.97 Å². The number of ether oxygens (including phenoxy) is 3. The summed E-state index contributed by atoms with van der Waals surface area (Å²) < 4.78 is 19.0. The molecule has 3 saturated heterocycles. The van der Waals surface area contributed by atoms with E-state index in [4.69, 9.17) is 14.2 Å². The summed E-state index contributed by atoms with van der Waals surface area (Å²) in [5, 5.41) is 10.9. The van der Waals surface area contributed by atoms with Crippen LogP contribution in [0, 0.1) is 34.0 Å². The first-order valence-electron chi connectivity index (χ1n) is 15.0. The molecular weight excluding hydrogens is 480 g/mol. The van der Waals surface area contributed by atoms with Crippen molar-refractivity contribution in [3.63, 3.8) is 0 Å². The molecule has 4 fully saturated rings. The van der Waals surface area contributed by atoms with Crippen molar-refractivity contribution >= 4 is 11.8 Å². The van der Waals surface area contributed by atoms with Gasteiger partial charge in [0.25, 0.3) is 0 Å². The number of rotatable bonds is 3. The summed E-state index contributed by atoms with van der Waals surface area (Å²) in [6, 6.07) is 0. The van der Waals surface area contributed by atoms with Gasteiger partial charge in [-0.25, -0.2) is 0 Å². The van der Waals surface area contributed by atoms with Gasteiger partial charge in [0, 0.05) is 12.8 Å². The smallest absolute Gasteiger partial charge is 0.303 e. The lowest BCUT2D eigenvalue weighted by Gasteiger charge is -2.52. The zero-order valence-corrected chi connectivity index (χ0v) is 24.7. The minimum absolute atomic E-state index is 0.0530. The van der Waals surface area contributed by atoms with E-state index in [0.29, 0.717) is 18.4 Å². The lowest BCUT2D eigenvalue weighted by Crippen LogP contribution is -2.55. The average molecular weight is 529 g/mol. The third-order valence-electron chi connectivity index (χ3n) is 12.6. The highest BCUT2D eigenvalue weighted by atomic mass is 16.6. The van der Waals surface area contributed by atoms with Gasteiger partial charge in [0.05, 0.1) is 28.8 Å². The van der Waals surface area contributed by atoms with Gasteiger partial charge in [-0.1, -0.05) is 38.8 Å². The highest BCUT2D eigenvalue weighted by Crippen LogP contribution is 2.71. The number of fused-ring (bicyclic) bond motifs is 5. The summed E-state index contributed by atoms with van der Waals surface area (Å²) in [5.74, 6) is 0.593. The Morgan fingerprint density at radius 1 is 1.13 bits per heavy atom. The molecule has 3 heterocycles. The van der Waals surface area contributed by atoms with E-state index < -0.39 is 35.3 Å². The van der Waals surface area contributed by atoms with Crippen LogP contribution in [0.4, 0.5) is 0 Å². The van der Waals surface area contributed by atoms with Crippen molar-refractivity contribution in [3.05, 3.63) is 11.1 Å². The zero-order chi connectivity index (χ0) is 27.6. The number of allylic oxidation sites excluding steroid dienone is 1. The molecule has 1 spiro atoms. The van der Waals surface area contributed by atoms with Crippen molar-refractivity contribution in [1.29, 1.82) is 0 Å². The minimum Gasteiger partial charge on any atom is -0.457 e. The van der Waals surface area contributed by atoms with Crippen LogP contribution in [0.25, 0.3) is 0 Å². The predicted molar refractivity (Wildman–Crippen MR) is 143 cm³/mol. The standard InChI is InChI=1S/C32H48O6/c1-17-15-21(27(29(5,6)35)36-18(2)33)37-25-24(17)30(7)13-11-19-16-32-14-12-23(38-32)28(3,4)22(32)10-9-20(19)31(30,8)26(25)34/h17,21-25,27,35H,9-16H2,1-8H3/t17-,21?,22+,23+,24+,25-,27?,30-,31-,32+/m1/s1. The first-order valence-corrected chi connectivity index (χ1v) is 15.0. The minimum atomic E-state index is -1.27. The molecule has 3 aliphatic heterocycles. The van der Waals surface area contributed by atoms with Crippen molar-refractivity contribution in [2.24, 2.45) is 34.0 Å². The maximum absolute atomic E-state index is 14.6. The number of Topliss-reactive ketones (excluding diaryl/α,β-unsaturated/α-hetero) is 1. The molecular formula is C32H48O6. The van der Waals surface area contributed by atoms with E-state index in [1.54, 1.807) is 13.8 Å². The van der Waals surface area contributed by atoms with Crippen molar-refractivity contribution in [3.8, 4) is 0 Å². The Balaban J connectivity index is 1.36. The van der Waals surface area contributed by atoms with Crippen LogP contribution in [0.2, 0.25) is 0 Å². The lowest BCUT2D eigenvalue weighted by molar-refractivity contribution is -0.207. The number of hydrogen-bond acceptors (Lipinski definition) is 6. The zero-order valence-electron chi connectivity index (χ0n) is 24.7. The Labute approximate surface area is 228 Å². The molecule has 2 unspecified atom stereocenters. The summed E-state index contributed by atoms with van der Waals surface area (Å²) in [6.07, 6.45) is 6.49. The van der Waals surface area contributed by atoms with Crippen molar-refractivity contribution in [2.45, 2.75) is 142 Å². The SMILES string of the molecule is CC(=O)OC(C1C[C@@H](C)[C@H]2[C@@H](O1)C(=O)[C@@]1(C)C3=C(CC[C@]21C)C[C@]12CC[C@H](O1)C(C)(C)[C@@H]2CC3)C(C)(C)O. The first kappa shape index (κ1) is 27.0. The normalized spacial score (nSPS) is 48.1. The maximum atomic E-state index is 14.6. The number of carbonyl (C=O) groups excluding carboxylic acids is 2. The van der Waals surface area contributed by atoms with Gasteiger partial charge in [-0.15, -0.1) is 0 Å². The van der Waals surface area contributed by atoms with E-state index in [0.717, 1.165) is 44.9 Å². The molecule has 6 rings (SSSR count). The third kappa shape index (κ3) is 3.35. The third-order valence-corrected chi connectivity index (χ3v) is 12.6. The molecule has 0 aromatic heterocycles. The topological polar surface area (TPSA) is 82.1 Å². The molecule has 0 aromatic carbocycles. The maximum Gasteiger partial charge on any atom is 0.303 e. The fourth-order valence-corrected chi connectivity index (χ4v) is 10.7. The summed E-state index contributed by atoms with van der Waals surface area (Å²) in [6.45, 7) is 16.2. The number of ketones is 1. The molecule has 0 radical (unpaired) electrons. The molecule has 6 nitrogen and oxygen atoms in total. The second-order valence-corrected chi connectivity index (χ2v) is 15.3.